The fourth-order valence-electron chi connectivity index (χ4n) is 4.44. The summed E-state index contributed by atoms with van der Waals surface area (Å²) in [4.78, 5) is 24.9. The van der Waals surface area contributed by atoms with Gasteiger partial charge in [-0.3, -0.25) is 4.79 Å². The van der Waals surface area contributed by atoms with E-state index in [2.05, 4.69) is 5.32 Å². The van der Waals surface area contributed by atoms with Gasteiger partial charge in [-0.25, -0.2) is 9.18 Å². The number of rotatable bonds is 4. The van der Waals surface area contributed by atoms with Crippen LogP contribution in [0.15, 0.2) is 63.8 Å². The van der Waals surface area contributed by atoms with Crippen molar-refractivity contribution in [2.45, 2.75) is 26.3 Å². The maximum Gasteiger partial charge on any atom is 0.337 e. The number of para-hydroxylation sites is 1. The van der Waals surface area contributed by atoms with E-state index >= 15 is 0 Å². The van der Waals surface area contributed by atoms with E-state index in [-0.39, 0.29) is 22.9 Å². The van der Waals surface area contributed by atoms with Crippen LogP contribution in [0, 0.1) is 12.7 Å². The third kappa shape index (κ3) is 3.15. The molecular weight excluding hydrogens is 409 g/mol. The maximum absolute atomic E-state index is 13.7. The Kier molecular flexibility index (Phi) is 4.59. The lowest BCUT2D eigenvalue weighted by molar-refractivity contribution is 0.0698. The molecule has 2 N–H and O–H groups in total. The van der Waals surface area contributed by atoms with Gasteiger partial charge in [-0.1, -0.05) is 18.2 Å². The number of fused-ring (bicyclic) bond motifs is 4. The zero-order chi connectivity index (χ0) is 22.6. The van der Waals surface area contributed by atoms with Gasteiger partial charge >= 0.3 is 5.97 Å². The number of aryl methyl sites for hydroxylation is 1. The Hall–Kier alpha value is -3.93. The lowest BCUT2D eigenvalue weighted by Crippen LogP contribution is -2.14. The Morgan fingerprint density at radius 3 is 2.72 bits per heavy atom. The Labute approximate surface area is 183 Å². The van der Waals surface area contributed by atoms with Crippen LogP contribution >= 0.6 is 0 Å². The van der Waals surface area contributed by atoms with E-state index in [0.717, 1.165) is 22.3 Å². The summed E-state index contributed by atoms with van der Waals surface area (Å²) in [5, 5.41) is 13.2. The standard InChI is InChI=1S/C26H20FNO4/c1-13-9-19(14(2)28-22-6-4-3-5-18(22)26(30)31)25-20(10-13)23(29)21-12-15-11-16(27)7-8-17(15)24(21)32-25/h3-11,14,28H,12H2,1-2H3,(H,30,31). The van der Waals surface area contributed by atoms with E-state index in [4.69, 9.17) is 4.42 Å². The quantitative estimate of drug-likeness (QED) is 0.384. The molecule has 6 heteroatoms. The molecule has 1 aliphatic carbocycles. The lowest BCUT2D eigenvalue weighted by atomic mass is 9.99. The number of hydrogen-bond acceptors (Lipinski definition) is 4. The highest BCUT2D eigenvalue weighted by Crippen LogP contribution is 2.39. The van der Waals surface area contributed by atoms with Gasteiger partial charge in [0.2, 0.25) is 0 Å². The third-order valence-corrected chi connectivity index (χ3v) is 5.93. The molecule has 0 bridgehead atoms. The first-order chi connectivity index (χ1) is 15.3. The number of carboxylic acid groups (broad SMARTS) is 1. The molecule has 3 aromatic carbocycles. The Morgan fingerprint density at radius 2 is 1.94 bits per heavy atom. The highest BCUT2D eigenvalue weighted by molar-refractivity contribution is 5.94. The predicted molar refractivity (Wildman–Crippen MR) is 121 cm³/mol. The van der Waals surface area contributed by atoms with Crippen molar-refractivity contribution < 1.29 is 18.7 Å². The summed E-state index contributed by atoms with van der Waals surface area (Å²) in [6.45, 7) is 3.79. The van der Waals surface area contributed by atoms with Crippen molar-refractivity contribution in [2.75, 3.05) is 5.32 Å². The summed E-state index contributed by atoms with van der Waals surface area (Å²) >= 11 is 0. The van der Waals surface area contributed by atoms with Gasteiger partial charge in [-0.05, 0) is 61.4 Å². The number of halogens is 1. The molecule has 0 saturated heterocycles. The van der Waals surface area contributed by atoms with Crippen LogP contribution in [-0.2, 0) is 6.42 Å². The van der Waals surface area contributed by atoms with Gasteiger partial charge in [0, 0.05) is 28.8 Å². The molecular formula is C26H20FNO4. The largest absolute Gasteiger partial charge is 0.478 e. The van der Waals surface area contributed by atoms with Crippen molar-refractivity contribution in [2.24, 2.45) is 0 Å². The fourth-order valence-corrected chi connectivity index (χ4v) is 4.44. The van der Waals surface area contributed by atoms with Gasteiger partial charge in [0.1, 0.15) is 17.2 Å². The van der Waals surface area contributed by atoms with Crippen LogP contribution in [-0.4, -0.2) is 11.1 Å². The van der Waals surface area contributed by atoms with E-state index in [9.17, 15) is 19.1 Å². The number of benzene rings is 3. The molecule has 5 nitrogen and oxygen atoms in total. The number of nitrogens with one attached hydrogen (secondary N) is 1. The number of carbonyl (C=O) groups is 1. The molecule has 0 saturated carbocycles. The van der Waals surface area contributed by atoms with Gasteiger partial charge in [0.15, 0.2) is 5.43 Å². The van der Waals surface area contributed by atoms with E-state index in [1.807, 2.05) is 19.9 Å². The second kappa shape index (κ2) is 7.34. The summed E-state index contributed by atoms with van der Waals surface area (Å²) in [5.41, 5.74) is 4.59. The second-order valence-corrected chi connectivity index (χ2v) is 8.16. The van der Waals surface area contributed by atoms with E-state index in [1.54, 1.807) is 30.3 Å². The first-order valence-corrected chi connectivity index (χ1v) is 10.3. The molecule has 0 aliphatic heterocycles. The number of hydrogen-bond donors (Lipinski definition) is 2. The first kappa shape index (κ1) is 20.0. The van der Waals surface area contributed by atoms with Crippen molar-refractivity contribution in [3.63, 3.8) is 0 Å². The Morgan fingerprint density at radius 1 is 1.16 bits per heavy atom. The van der Waals surface area contributed by atoms with Crippen molar-refractivity contribution in [1.82, 2.24) is 0 Å². The van der Waals surface area contributed by atoms with Crippen LogP contribution in [0.4, 0.5) is 10.1 Å². The molecule has 1 heterocycles. The molecule has 0 spiro atoms. The Bertz CT molecular complexity index is 1470. The third-order valence-electron chi connectivity index (χ3n) is 5.93. The molecule has 0 amide bonds. The minimum absolute atomic E-state index is 0.124. The molecule has 5 rings (SSSR count). The lowest BCUT2D eigenvalue weighted by Gasteiger charge is -2.19. The molecule has 0 radical (unpaired) electrons. The zero-order valence-electron chi connectivity index (χ0n) is 17.5. The second-order valence-electron chi connectivity index (χ2n) is 8.16. The minimum Gasteiger partial charge on any atom is -0.478 e. The van der Waals surface area contributed by atoms with Gasteiger partial charge in [-0.15, -0.1) is 0 Å². The highest BCUT2D eigenvalue weighted by Gasteiger charge is 2.27. The Balaban J connectivity index is 1.67. The molecule has 0 fully saturated rings. The molecule has 1 aromatic heterocycles. The average molecular weight is 429 g/mol. The van der Waals surface area contributed by atoms with Crippen LogP contribution in [0.5, 0.6) is 0 Å². The van der Waals surface area contributed by atoms with Crippen molar-refractivity contribution in [1.29, 1.82) is 0 Å². The summed E-state index contributed by atoms with van der Waals surface area (Å²) in [7, 11) is 0. The normalized spacial score (nSPS) is 13.0. The topological polar surface area (TPSA) is 79.5 Å². The van der Waals surface area contributed by atoms with Crippen LogP contribution in [0.2, 0.25) is 0 Å². The molecule has 1 atom stereocenters. The highest BCUT2D eigenvalue weighted by atomic mass is 19.1. The zero-order valence-corrected chi connectivity index (χ0v) is 17.5. The van der Waals surface area contributed by atoms with E-state index in [1.165, 1.54) is 18.2 Å². The summed E-state index contributed by atoms with van der Waals surface area (Å²) in [5.74, 6) is -0.900. The minimum atomic E-state index is -1.03. The van der Waals surface area contributed by atoms with Gasteiger partial charge in [-0.2, -0.15) is 0 Å². The first-order valence-electron chi connectivity index (χ1n) is 10.3. The summed E-state index contributed by atoms with van der Waals surface area (Å²) in [6.07, 6.45) is 0.337. The fraction of sp³-hybridized carbons (Fsp3) is 0.154. The summed E-state index contributed by atoms with van der Waals surface area (Å²) < 4.78 is 20.0. The van der Waals surface area contributed by atoms with Crippen LogP contribution in [0.25, 0.3) is 22.3 Å². The number of anilines is 1. The number of carboxylic acids is 1. The van der Waals surface area contributed by atoms with Gasteiger partial charge in [0.05, 0.1) is 17.0 Å². The van der Waals surface area contributed by atoms with Crippen LogP contribution in [0.1, 0.15) is 45.6 Å². The van der Waals surface area contributed by atoms with E-state index in [0.29, 0.717) is 34.4 Å². The van der Waals surface area contributed by atoms with Gasteiger partial charge < -0.3 is 14.8 Å². The molecule has 160 valence electrons. The molecule has 1 unspecified atom stereocenters. The summed E-state index contributed by atoms with van der Waals surface area (Å²) in [6, 6.07) is 14.5. The van der Waals surface area contributed by atoms with Crippen LogP contribution < -0.4 is 10.7 Å². The predicted octanol–water partition coefficient (Wildman–Crippen LogP) is 5.68. The SMILES string of the molecule is Cc1cc(C(C)Nc2ccccc2C(=O)O)c2oc3c(c(=O)c2c1)Cc1cc(F)ccc1-3. The van der Waals surface area contributed by atoms with Crippen molar-refractivity contribution in [3.8, 4) is 11.3 Å². The van der Waals surface area contributed by atoms with E-state index < -0.39 is 5.97 Å². The maximum atomic E-state index is 13.7. The monoisotopic (exact) mass is 429 g/mol. The number of aromatic carboxylic acids is 1. The van der Waals surface area contributed by atoms with Crippen LogP contribution in [0.3, 0.4) is 0 Å². The molecule has 32 heavy (non-hydrogen) atoms. The van der Waals surface area contributed by atoms with Crippen molar-refractivity contribution in [3.05, 3.63) is 98.5 Å². The molecule has 4 aromatic rings. The average Bonchev–Trinajstić information content (AvgIpc) is 3.12. The van der Waals surface area contributed by atoms with Crippen molar-refractivity contribution >= 4 is 22.6 Å². The van der Waals surface area contributed by atoms with Gasteiger partial charge in [0.25, 0.3) is 0 Å². The molecule has 1 aliphatic rings. The smallest absolute Gasteiger partial charge is 0.337 e.